The molecule has 0 aliphatic rings. The number of hydrogen-bond donors (Lipinski definition) is 0. The van der Waals surface area contributed by atoms with E-state index in [4.69, 9.17) is 9.26 Å². The van der Waals surface area contributed by atoms with Crippen LogP contribution in [0, 0.1) is 6.92 Å². The summed E-state index contributed by atoms with van der Waals surface area (Å²) in [6.45, 7) is 1.75. The third-order valence-corrected chi connectivity index (χ3v) is 4.18. The number of nitrogens with zero attached hydrogens (tertiary/aromatic N) is 6. The number of hydrogen-bond acceptors (Lipinski definition) is 7. The molecule has 0 amide bonds. The minimum absolute atomic E-state index is 0.440. The first-order valence-corrected chi connectivity index (χ1v) is 8.61. The highest BCUT2D eigenvalue weighted by atomic mass is 16.5. The Morgan fingerprint density at radius 1 is 0.964 bits per heavy atom. The molecule has 0 aliphatic carbocycles. The lowest BCUT2D eigenvalue weighted by Gasteiger charge is -2.06. The molecule has 0 radical (unpaired) electrons. The van der Waals surface area contributed by atoms with Crippen molar-refractivity contribution < 1.29 is 9.26 Å². The van der Waals surface area contributed by atoms with E-state index < -0.39 is 0 Å². The maximum Gasteiger partial charge on any atom is 0.233 e. The standard InChI is InChI=1S/C20H14N6O2/c1-13-24-18(25-28-13)14-7-9-16(10-8-14)27-20-17-11-23-26(19(17)21-12-22-20)15-5-3-2-4-6-15/h2-12H,1H3. The lowest BCUT2D eigenvalue weighted by molar-refractivity contribution is 0.394. The number of aromatic nitrogens is 6. The van der Waals surface area contributed by atoms with E-state index in [2.05, 4.69) is 25.2 Å². The van der Waals surface area contributed by atoms with Crippen LogP contribution in [-0.4, -0.2) is 29.9 Å². The third-order valence-electron chi connectivity index (χ3n) is 4.18. The molecule has 0 atom stereocenters. The SMILES string of the molecule is Cc1nc(-c2ccc(Oc3ncnc4c3cnn4-c3ccccc3)cc2)no1. The summed E-state index contributed by atoms with van der Waals surface area (Å²) in [5.41, 5.74) is 2.44. The van der Waals surface area contributed by atoms with Gasteiger partial charge in [-0.15, -0.1) is 0 Å². The van der Waals surface area contributed by atoms with Gasteiger partial charge in [-0.25, -0.2) is 14.6 Å². The fourth-order valence-corrected chi connectivity index (χ4v) is 2.86. The summed E-state index contributed by atoms with van der Waals surface area (Å²) in [7, 11) is 0. The Labute approximate surface area is 159 Å². The molecular weight excluding hydrogens is 356 g/mol. The van der Waals surface area contributed by atoms with E-state index in [9.17, 15) is 0 Å². The molecule has 136 valence electrons. The average Bonchev–Trinajstić information content (AvgIpc) is 3.36. The lowest BCUT2D eigenvalue weighted by atomic mass is 10.2. The van der Waals surface area contributed by atoms with Gasteiger partial charge in [0.1, 0.15) is 17.5 Å². The molecule has 8 heteroatoms. The number of ether oxygens (including phenoxy) is 1. The Bertz CT molecular complexity index is 1240. The molecule has 0 fully saturated rings. The van der Waals surface area contributed by atoms with Crippen molar-refractivity contribution in [2.24, 2.45) is 0 Å². The zero-order chi connectivity index (χ0) is 18.9. The Hall–Kier alpha value is -4.07. The molecule has 0 aliphatic heterocycles. The number of rotatable bonds is 4. The Balaban J connectivity index is 1.46. The molecule has 0 spiro atoms. The van der Waals surface area contributed by atoms with E-state index in [1.54, 1.807) is 17.8 Å². The van der Waals surface area contributed by atoms with Gasteiger partial charge in [0.25, 0.3) is 0 Å². The van der Waals surface area contributed by atoms with Crippen LogP contribution in [0.1, 0.15) is 5.89 Å². The second-order valence-corrected chi connectivity index (χ2v) is 6.07. The molecular formula is C20H14N6O2. The second-order valence-electron chi connectivity index (χ2n) is 6.07. The van der Waals surface area contributed by atoms with E-state index in [0.29, 0.717) is 29.0 Å². The lowest BCUT2D eigenvalue weighted by Crippen LogP contribution is -1.98. The number of aryl methyl sites for hydroxylation is 1. The molecule has 8 nitrogen and oxygen atoms in total. The largest absolute Gasteiger partial charge is 0.438 e. The van der Waals surface area contributed by atoms with Gasteiger partial charge in [-0.3, -0.25) is 0 Å². The van der Waals surface area contributed by atoms with Gasteiger partial charge in [-0.1, -0.05) is 23.4 Å². The fraction of sp³-hybridized carbons (Fsp3) is 0.0500. The highest BCUT2D eigenvalue weighted by Gasteiger charge is 2.13. The van der Waals surface area contributed by atoms with E-state index >= 15 is 0 Å². The van der Waals surface area contributed by atoms with Gasteiger partial charge in [-0.2, -0.15) is 10.1 Å². The van der Waals surface area contributed by atoms with Crippen molar-refractivity contribution in [3.63, 3.8) is 0 Å². The summed E-state index contributed by atoms with van der Waals surface area (Å²) in [5.74, 6) is 2.14. The molecule has 3 aromatic heterocycles. The molecule has 0 saturated heterocycles. The summed E-state index contributed by atoms with van der Waals surface area (Å²) in [6.07, 6.45) is 3.17. The zero-order valence-electron chi connectivity index (χ0n) is 14.9. The predicted molar refractivity (Wildman–Crippen MR) is 101 cm³/mol. The molecule has 2 aromatic carbocycles. The smallest absolute Gasteiger partial charge is 0.233 e. The summed E-state index contributed by atoms with van der Waals surface area (Å²) in [6, 6.07) is 17.2. The van der Waals surface area contributed by atoms with E-state index in [-0.39, 0.29) is 0 Å². The van der Waals surface area contributed by atoms with Crippen molar-refractivity contribution in [1.82, 2.24) is 29.9 Å². The van der Waals surface area contributed by atoms with E-state index in [1.807, 2.05) is 54.6 Å². The summed E-state index contributed by atoms with van der Waals surface area (Å²) in [4.78, 5) is 12.8. The van der Waals surface area contributed by atoms with Crippen LogP contribution in [0.4, 0.5) is 0 Å². The van der Waals surface area contributed by atoms with E-state index in [1.165, 1.54) is 6.33 Å². The van der Waals surface area contributed by atoms with Crippen LogP contribution in [0.15, 0.2) is 71.6 Å². The Morgan fingerprint density at radius 2 is 1.79 bits per heavy atom. The maximum absolute atomic E-state index is 5.97. The first kappa shape index (κ1) is 16.1. The number of para-hydroxylation sites is 1. The van der Waals surface area contributed by atoms with Crippen LogP contribution in [-0.2, 0) is 0 Å². The summed E-state index contributed by atoms with van der Waals surface area (Å²) < 4.78 is 12.7. The minimum Gasteiger partial charge on any atom is -0.438 e. The van der Waals surface area contributed by atoms with Gasteiger partial charge in [0.2, 0.25) is 17.6 Å². The zero-order valence-corrected chi connectivity index (χ0v) is 14.9. The van der Waals surface area contributed by atoms with E-state index in [0.717, 1.165) is 16.6 Å². The average molecular weight is 370 g/mol. The monoisotopic (exact) mass is 370 g/mol. The van der Waals surface area contributed by atoms with Crippen molar-refractivity contribution in [2.75, 3.05) is 0 Å². The van der Waals surface area contributed by atoms with Gasteiger partial charge >= 0.3 is 0 Å². The van der Waals surface area contributed by atoms with Gasteiger partial charge < -0.3 is 9.26 Å². The Kier molecular flexibility index (Phi) is 3.79. The van der Waals surface area contributed by atoms with Crippen molar-refractivity contribution in [2.45, 2.75) is 6.92 Å². The first-order valence-electron chi connectivity index (χ1n) is 8.61. The van der Waals surface area contributed by atoms with Gasteiger partial charge in [0.15, 0.2) is 5.65 Å². The molecule has 5 rings (SSSR count). The van der Waals surface area contributed by atoms with Gasteiger partial charge in [-0.05, 0) is 36.4 Å². The minimum atomic E-state index is 0.440. The fourth-order valence-electron chi connectivity index (χ4n) is 2.86. The molecule has 5 aromatic rings. The third kappa shape index (κ3) is 2.86. The molecule has 0 saturated carbocycles. The number of benzene rings is 2. The van der Waals surface area contributed by atoms with Crippen molar-refractivity contribution in [1.29, 1.82) is 0 Å². The molecule has 28 heavy (non-hydrogen) atoms. The van der Waals surface area contributed by atoms with Crippen LogP contribution in [0.5, 0.6) is 11.6 Å². The molecule has 3 heterocycles. The molecule has 0 bridgehead atoms. The molecule has 0 N–H and O–H groups in total. The Morgan fingerprint density at radius 3 is 2.54 bits per heavy atom. The summed E-state index contributed by atoms with van der Waals surface area (Å²) in [5, 5.41) is 9.07. The van der Waals surface area contributed by atoms with Crippen LogP contribution >= 0.6 is 0 Å². The van der Waals surface area contributed by atoms with Crippen molar-refractivity contribution in [3.8, 4) is 28.7 Å². The first-order chi connectivity index (χ1) is 13.8. The maximum atomic E-state index is 5.97. The van der Waals surface area contributed by atoms with Crippen LogP contribution in [0.25, 0.3) is 28.1 Å². The topological polar surface area (TPSA) is 91.8 Å². The highest BCUT2D eigenvalue weighted by Crippen LogP contribution is 2.28. The van der Waals surface area contributed by atoms with Gasteiger partial charge in [0.05, 0.1) is 11.9 Å². The number of fused-ring (bicyclic) bond motifs is 1. The van der Waals surface area contributed by atoms with Crippen molar-refractivity contribution >= 4 is 11.0 Å². The van der Waals surface area contributed by atoms with Crippen LogP contribution in [0.2, 0.25) is 0 Å². The highest BCUT2D eigenvalue weighted by molar-refractivity contribution is 5.81. The van der Waals surface area contributed by atoms with Crippen LogP contribution < -0.4 is 4.74 Å². The quantitative estimate of drug-likeness (QED) is 0.473. The molecule has 0 unspecified atom stereocenters. The normalized spacial score (nSPS) is 11.0. The van der Waals surface area contributed by atoms with Crippen molar-refractivity contribution in [3.05, 3.63) is 73.0 Å². The van der Waals surface area contributed by atoms with Crippen LogP contribution in [0.3, 0.4) is 0 Å². The predicted octanol–water partition coefficient (Wildman–Crippen LogP) is 3.97. The summed E-state index contributed by atoms with van der Waals surface area (Å²) >= 11 is 0. The van der Waals surface area contributed by atoms with Gasteiger partial charge in [0, 0.05) is 12.5 Å². The second kappa shape index (κ2) is 6.58.